The van der Waals surface area contributed by atoms with Crippen LogP contribution in [0.3, 0.4) is 0 Å². The molecule has 3 N–H and O–H groups in total. The number of aliphatic hydroxyl groups excluding tert-OH is 1. The van der Waals surface area contributed by atoms with Crippen molar-refractivity contribution in [1.82, 2.24) is 5.32 Å². The number of nitrogens with one attached hydrogen (secondary N) is 1. The summed E-state index contributed by atoms with van der Waals surface area (Å²) in [5, 5.41) is 13.6. The summed E-state index contributed by atoms with van der Waals surface area (Å²) in [6.45, 7) is 4.65. The minimum absolute atomic E-state index is 0.0393. The largest absolute Gasteiger partial charge is 0.472 e. The van der Waals surface area contributed by atoms with Crippen molar-refractivity contribution in [3.63, 3.8) is 0 Å². The van der Waals surface area contributed by atoms with Crippen LogP contribution in [0.4, 0.5) is 0 Å². The van der Waals surface area contributed by atoms with E-state index in [4.69, 9.17) is 9.05 Å². The Morgan fingerprint density at radius 3 is 1.69 bits per heavy atom. The summed E-state index contributed by atoms with van der Waals surface area (Å²) in [6, 6.07) is -0.908. The Morgan fingerprint density at radius 1 is 0.673 bits per heavy atom. The molecule has 8 nitrogen and oxygen atoms in total. The van der Waals surface area contributed by atoms with Crippen molar-refractivity contribution in [2.75, 3.05) is 40.9 Å². The molecular weight excluding hydrogens is 671 g/mol. The Bertz CT molecular complexity index is 1080. The van der Waals surface area contributed by atoms with Gasteiger partial charge in [-0.3, -0.25) is 13.8 Å². The van der Waals surface area contributed by atoms with Crippen LogP contribution >= 0.6 is 7.82 Å². The van der Waals surface area contributed by atoms with E-state index in [-0.39, 0.29) is 25.5 Å². The first-order chi connectivity index (χ1) is 25.0. The van der Waals surface area contributed by atoms with Gasteiger partial charge in [-0.2, -0.15) is 0 Å². The molecule has 0 heterocycles. The lowest BCUT2D eigenvalue weighted by atomic mass is 10.1. The Morgan fingerprint density at radius 2 is 1.15 bits per heavy atom. The Labute approximate surface area is 319 Å². The molecule has 0 saturated carbocycles. The number of nitrogens with zero attached hydrogens (tertiary/aromatic N) is 1. The molecule has 0 aromatic carbocycles. The average Bonchev–Trinajstić information content (AvgIpc) is 3.09. The number of allylic oxidation sites excluding steroid dienone is 11. The van der Waals surface area contributed by atoms with Gasteiger partial charge in [0.2, 0.25) is 5.91 Å². The second-order valence-electron chi connectivity index (χ2n) is 14.7. The fourth-order valence-electron chi connectivity index (χ4n) is 5.15. The number of hydrogen-bond acceptors (Lipinski definition) is 5. The van der Waals surface area contributed by atoms with E-state index in [2.05, 4.69) is 73.8 Å². The van der Waals surface area contributed by atoms with Crippen molar-refractivity contribution >= 4 is 13.7 Å². The van der Waals surface area contributed by atoms with Gasteiger partial charge in [-0.25, -0.2) is 4.57 Å². The number of amides is 1. The molecule has 0 aromatic rings. The molecule has 0 aromatic heterocycles. The summed E-state index contributed by atoms with van der Waals surface area (Å²) in [5.41, 5.74) is 0. The van der Waals surface area contributed by atoms with Crippen molar-refractivity contribution in [2.24, 2.45) is 0 Å². The molecule has 0 aliphatic rings. The van der Waals surface area contributed by atoms with E-state index in [1.807, 2.05) is 27.2 Å². The van der Waals surface area contributed by atoms with E-state index in [9.17, 15) is 19.4 Å². The molecule has 300 valence electrons. The number of phosphoric acid groups is 1. The van der Waals surface area contributed by atoms with Gasteiger partial charge in [0.05, 0.1) is 39.9 Å². The molecule has 9 heteroatoms. The third-order valence-corrected chi connectivity index (χ3v) is 9.44. The van der Waals surface area contributed by atoms with Crippen molar-refractivity contribution in [1.29, 1.82) is 0 Å². The van der Waals surface area contributed by atoms with Crippen LogP contribution < -0.4 is 5.32 Å². The first-order valence-corrected chi connectivity index (χ1v) is 21.8. The quantitative estimate of drug-likeness (QED) is 0.0196. The van der Waals surface area contributed by atoms with Gasteiger partial charge in [-0.15, -0.1) is 0 Å². The van der Waals surface area contributed by atoms with Crippen molar-refractivity contribution in [2.45, 2.75) is 154 Å². The topological polar surface area (TPSA) is 105 Å². The maximum absolute atomic E-state index is 12.8. The van der Waals surface area contributed by atoms with Gasteiger partial charge < -0.3 is 19.8 Å². The third-order valence-electron chi connectivity index (χ3n) is 8.45. The molecule has 0 aliphatic carbocycles. The summed E-state index contributed by atoms with van der Waals surface area (Å²) < 4.78 is 23.4. The summed E-state index contributed by atoms with van der Waals surface area (Å²) in [5.74, 6) is -0.255. The fraction of sp³-hybridized carbons (Fsp3) is 0.698. The van der Waals surface area contributed by atoms with Gasteiger partial charge >= 0.3 is 7.82 Å². The predicted molar refractivity (Wildman–Crippen MR) is 221 cm³/mol. The monoisotopic (exact) mass is 750 g/mol. The van der Waals surface area contributed by atoms with Crippen LogP contribution in [0.25, 0.3) is 0 Å². The Balaban J connectivity index is 4.54. The highest BCUT2D eigenvalue weighted by Gasteiger charge is 2.27. The smallest absolute Gasteiger partial charge is 0.387 e. The van der Waals surface area contributed by atoms with Gasteiger partial charge in [0.25, 0.3) is 0 Å². The number of carbonyl (C=O) groups is 1. The van der Waals surface area contributed by atoms with E-state index < -0.39 is 20.0 Å². The highest BCUT2D eigenvalue weighted by atomic mass is 31.2. The molecule has 0 fully saturated rings. The maximum Gasteiger partial charge on any atom is 0.472 e. The highest BCUT2D eigenvalue weighted by Crippen LogP contribution is 2.43. The van der Waals surface area contributed by atoms with Crippen LogP contribution in [-0.4, -0.2) is 73.4 Å². The fourth-order valence-corrected chi connectivity index (χ4v) is 5.88. The minimum atomic E-state index is -4.36. The summed E-state index contributed by atoms with van der Waals surface area (Å²) in [7, 11) is 1.49. The lowest BCUT2D eigenvalue weighted by Crippen LogP contribution is -2.45. The number of rotatable bonds is 35. The number of carbonyl (C=O) groups excluding carboxylic acids is 1. The molecule has 0 saturated heterocycles. The van der Waals surface area contributed by atoms with Gasteiger partial charge in [-0.05, 0) is 57.8 Å². The molecule has 1 unspecified atom stereocenters. The summed E-state index contributed by atoms with van der Waals surface area (Å²) in [6.07, 6.45) is 45.7. The SMILES string of the molecule is CCCCCCC/C=C/C=C/[C@@H](O)[C@H](COP(=O)(O)OCC[N+](C)(C)C)NC(=O)CCC/C=C/C/C=C/C/C=C/C/C=C/CCCCCCCCC. The minimum Gasteiger partial charge on any atom is -0.387 e. The van der Waals surface area contributed by atoms with Crippen LogP contribution in [0.15, 0.2) is 72.9 Å². The van der Waals surface area contributed by atoms with Gasteiger partial charge in [-0.1, -0.05) is 151 Å². The molecular formula is C43H78N2O6P+. The Kier molecular flexibility index (Phi) is 33.3. The second kappa shape index (κ2) is 34.7. The van der Waals surface area contributed by atoms with Crippen LogP contribution in [-0.2, 0) is 18.4 Å². The number of hydrogen-bond donors (Lipinski definition) is 3. The molecule has 0 rings (SSSR count). The highest BCUT2D eigenvalue weighted by molar-refractivity contribution is 7.47. The predicted octanol–water partition coefficient (Wildman–Crippen LogP) is 10.9. The lowest BCUT2D eigenvalue weighted by Gasteiger charge is -2.25. The Hall–Kier alpha value is -2.06. The van der Waals surface area contributed by atoms with Crippen LogP contribution in [0.5, 0.6) is 0 Å². The normalized spacial score (nSPS) is 15.3. The van der Waals surface area contributed by atoms with Crippen LogP contribution in [0.1, 0.15) is 142 Å². The molecule has 0 aliphatic heterocycles. The number of quaternary nitrogens is 1. The second-order valence-corrected chi connectivity index (χ2v) is 16.1. The zero-order valence-corrected chi connectivity index (χ0v) is 34.7. The first kappa shape index (κ1) is 49.9. The third kappa shape index (κ3) is 36.3. The molecule has 0 radical (unpaired) electrons. The molecule has 0 bridgehead atoms. The number of phosphoric ester groups is 1. The van der Waals surface area contributed by atoms with E-state index >= 15 is 0 Å². The molecule has 3 atom stereocenters. The lowest BCUT2D eigenvalue weighted by molar-refractivity contribution is -0.870. The summed E-state index contributed by atoms with van der Waals surface area (Å²) in [4.78, 5) is 22.9. The number of unbranched alkanes of at least 4 members (excludes halogenated alkanes) is 13. The van der Waals surface area contributed by atoms with Gasteiger partial charge in [0.1, 0.15) is 13.2 Å². The van der Waals surface area contributed by atoms with Gasteiger partial charge in [0, 0.05) is 6.42 Å². The number of aliphatic hydroxyl groups is 1. The maximum atomic E-state index is 12.8. The van der Waals surface area contributed by atoms with Gasteiger partial charge in [0.15, 0.2) is 0 Å². The van der Waals surface area contributed by atoms with Crippen molar-refractivity contribution in [3.05, 3.63) is 72.9 Å². The standard InChI is InChI=1S/C43H77N2O6P/c1-6-8-10-12-14-16-17-18-19-20-21-22-23-24-25-26-27-29-31-33-35-37-43(47)44-41(40-51-52(48,49)50-39-38-45(3,4)5)42(46)36-34-32-30-28-15-13-11-9-7-2/h19-20,22-23,25-26,29-32,34,36,41-42,46H,6-18,21,24,27-28,33,35,37-40H2,1-5H3,(H-,44,47,48,49)/p+1/b20-19+,23-22+,26-25+,31-29+,32-30+,36-34+/t41-,42+/m0/s1. The van der Waals surface area contributed by atoms with E-state index in [1.54, 1.807) is 12.2 Å². The van der Waals surface area contributed by atoms with Crippen LogP contribution in [0.2, 0.25) is 0 Å². The zero-order valence-electron chi connectivity index (χ0n) is 33.8. The summed E-state index contributed by atoms with van der Waals surface area (Å²) >= 11 is 0. The van der Waals surface area contributed by atoms with E-state index in [0.29, 0.717) is 17.4 Å². The first-order valence-electron chi connectivity index (χ1n) is 20.3. The zero-order chi connectivity index (χ0) is 38.6. The van der Waals surface area contributed by atoms with E-state index in [1.165, 1.54) is 77.0 Å². The van der Waals surface area contributed by atoms with E-state index in [0.717, 1.165) is 38.5 Å². The van der Waals surface area contributed by atoms with Crippen LogP contribution in [0, 0.1) is 0 Å². The molecule has 52 heavy (non-hydrogen) atoms. The molecule has 0 spiro atoms. The van der Waals surface area contributed by atoms with Crippen molar-refractivity contribution in [3.8, 4) is 0 Å². The average molecular weight is 750 g/mol. The number of likely N-dealkylation sites (N-methyl/N-ethyl adjacent to an activating group) is 1. The van der Waals surface area contributed by atoms with Crippen molar-refractivity contribution < 1.29 is 32.9 Å². The molecule has 1 amide bonds.